The normalized spacial score (nSPS) is 34.9. The number of nitrogens with one attached hydrogen (secondary N) is 2. The van der Waals surface area contributed by atoms with Gasteiger partial charge in [-0.05, 0) is 45.2 Å². The predicted molar refractivity (Wildman–Crippen MR) is 57.4 cm³/mol. The third kappa shape index (κ3) is 2.69. The summed E-state index contributed by atoms with van der Waals surface area (Å²) in [5.74, 6) is 0.834. The lowest BCUT2D eigenvalue weighted by Crippen LogP contribution is -2.46. The molecule has 3 nitrogen and oxygen atoms in total. The molecule has 2 aliphatic heterocycles. The first-order chi connectivity index (χ1) is 6.79. The van der Waals surface area contributed by atoms with E-state index in [0.29, 0.717) is 5.54 Å². The van der Waals surface area contributed by atoms with E-state index < -0.39 is 0 Å². The molecule has 1 atom stereocenters. The van der Waals surface area contributed by atoms with E-state index in [1.54, 1.807) is 0 Å². The van der Waals surface area contributed by atoms with Crippen LogP contribution < -0.4 is 10.6 Å². The van der Waals surface area contributed by atoms with Crippen LogP contribution in [0.2, 0.25) is 0 Å². The molecule has 0 bridgehead atoms. The van der Waals surface area contributed by atoms with Crippen LogP contribution in [0.1, 0.15) is 26.2 Å². The zero-order valence-electron chi connectivity index (χ0n) is 9.14. The van der Waals surface area contributed by atoms with Gasteiger partial charge in [0, 0.05) is 25.3 Å². The van der Waals surface area contributed by atoms with Crippen LogP contribution in [-0.2, 0) is 4.74 Å². The van der Waals surface area contributed by atoms with Crippen molar-refractivity contribution in [1.29, 1.82) is 0 Å². The van der Waals surface area contributed by atoms with Gasteiger partial charge in [0.05, 0.1) is 0 Å². The topological polar surface area (TPSA) is 33.3 Å². The second-order valence-corrected chi connectivity index (χ2v) is 4.92. The second-order valence-electron chi connectivity index (χ2n) is 4.92. The Morgan fingerprint density at radius 1 is 1.43 bits per heavy atom. The highest BCUT2D eigenvalue weighted by atomic mass is 16.5. The third-order valence-electron chi connectivity index (χ3n) is 3.53. The maximum atomic E-state index is 5.36. The molecule has 1 unspecified atom stereocenters. The lowest BCUT2D eigenvalue weighted by Gasteiger charge is -2.29. The van der Waals surface area contributed by atoms with Crippen LogP contribution in [0.4, 0.5) is 0 Å². The minimum absolute atomic E-state index is 0.346. The highest BCUT2D eigenvalue weighted by molar-refractivity contribution is 4.91. The van der Waals surface area contributed by atoms with E-state index in [1.807, 2.05) is 0 Å². The Kier molecular flexibility index (Phi) is 3.42. The molecule has 0 amide bonds. The first kappa shape index (κ1) is 10.4. The number of hydrogen-bond donors (Lipinski definition) is 2. The summed E-state index contributed by atoms with van der Waals surface area (Å²) in [4.78, 5) is 0. The summed E-state index contributed by atoms with van der Waals surface area (Å²) in [6.45, 7) is 7.70. The average Bonchev–Trinajstić information content (AvgIpc) is 2.65. The maximum absolute atomic E-state index is 5.36. The predicted octanol–water partition coefficient (Wildman–Crippen LogP) is 0.755. The Bertz CT molecular complexity index is 172. The van der Waals surface area contributed by atoms with Crippen molar-refractivity contribution in [3.63, 3.8) is 0 Å². The Labute approximate surface area is 86.6 Å². The maximum Gasteiger partial charge on any atom is 0.0469 e. The lowest BCUT2D eigenvalue weighted by molar-refractivity contribution is 0.0641. The van der Waals surface area contributed by atoms with E-state index in [9.17, 15) is 0 Å². The van der Waals surface area contributed by atoms with Crippen molar-refractivity contribution in [3.05, 3.63) is 0 Å². The summed E-state index contributed by atoms with van der Waals surface area (Å²) >= 11 is 0. The molecular weight excluding hydrogens is 176 g/mol. The van der Waals surface area contributed by atoms with Crippen LogP contribution in [0.25, 0.3) is 0 Å². The monoisotopic (exact) mass is 198 g/mol. The molecule has 0 aromatic rings. The van der Waals surface area contributed by atoms with Gasteiger partial charge in [0.2, 0.25) is 0 Å². The van der Waals surface area contributed by atoms with Crippen LogP contribution in [0, 0.1) is 5.92 Å². The van der Waals surface area contributed by atoms with E-state index in [4.69, 9.17) is 4.74 Å². The molecule has 2 fully saturated rings. The molecule has 2 aliphatic rings. The fraction of sp³-hybridized carbons (Fsp3) is 1.00. The lowest BCUT2D eigenvalue weighted by atomic mass is 9.96. The van der Waals surface area contributed by atoms with E-state index in [1.165, 1.54) is 25.8 Å². The first-order valence-corrected chi connectivity index (χ1v) is 5.82. The zero-order chi connectivity index (χ0) is 9.86. The Morgan fingerprint density at radius 3 is 2.86 bits per heavy atom. The fourth-order valence-electron chi connectivity index (χ4n) is 2.31. The molecule has 2 saturated heterocycles. The minimum Gasteiger partial charge on any atom is -0.381 e. The van der Waals surface area contributed by atoms with Gasteiger partial charge in [-0.3, -0.25) is 0 Å². The molecule has 0 aromatic heterocycles. The average molecular weight is 198 g/mol. The van der Waals surface area contributed by atoms with Gasteiger partial charge in [-0.25, -0.2) is 0 Å². The van der Waals surface area contributed by atoms with Crippen LogP contribution in [0.15, 0.2) is 0 Å². The van der Waals surface area contributed by atoms with Gasteiger partial charge < -0.3 is 15.4 Å². The summed E-state index contributed by atoms with van der Waals surface area (Å²) < 4.78 is 5.36. The first-order valence-electron chi connectivity index (χ1n) is 5.82. The van der Waals surface area contributed by atoms with Crippen molar-refractivity contribution >= 4 is 0 Å². The molecular formula is C11H22N2O. The van der Waals surface area contributed by atoms with Gasteiger partial charge in [0.1, 0.15) is 0 Å². The molecule has 14 heavy (non-hydrogen) atoms. The number of rotatable bonds is 3. The molecule has 0 spiro atoms. The molecule has 82 valence electrons. The van der Waals surface area contributed by atoms with Gasteiger partial charge in [0.15, 0.2) is 0 Å². The molecule has 0 aromatic carbocycles. The van der Waals surface area contributed by atoms with Crippen LogP contribution in [0.3, 0.4) is 0 Å². The van der Waals surface area contributed by atoms with Gasteiger partial charge in [-0.1, -0.05) is 0 Å². The summed E-state index contributed by atoms with van der Waals surface area (Å²) in [6.07, 6.45) is 3.73. The van der Waals surface area contributed by atoms with E-state index >= 15 is 0 Å². The van der Waals surface area contributed by atoms with Crippen LogP contribution in [0.5, 0.6) is 0 Å². The van der Waals surface area contributed by atoms with Crippen molar-refractivity contribution in [2.75, 3.05) is 32.8 Å². The van der Waals surface area contributed by atoms with E-state index in [-0.39, 0.29) is 0 Å². The van der Waals surface area contributed by atoms with Crippen molar-refractivity contribution in [2.24, 2.45) is 5.92 Å². The molecule has 2 rings (SSSR count). The van der Waals surface area contributed by atoms with Gasteiger partial charge in [0.25, 0.3) is 0 Å². The molecule has 0 aliphatic carbocycles. The molecule has 0 radical (unpaired) electrons. The summed E-state index contributed by atoms with van der Waals surface area (Å²) in [7, 11) is 0. The third-order valence-corrected chi connectivity index (χ3v) is 3.53. The smallest absolute Gasteiger partial charge is 0.0469 e. The van der Waals surface area contributed by atoms with E-state index in [0.717, 1.165) is 32.2 Å². The fourth-order valence-corrected chi connectivity index (χ4v) is 2.31. The highest BCUT2D eigenvalue weighted by Gasteiger charge is 2.28. The zero-order valence-corrected chi connectivity index (χ0v) is 9.14. The molecule has 2 N–H and O–H groups in total. The van der Waals surface area contributed by atoms with Crippen LogP contribution in [-0.4, -0.2) is 38.4 Å². The Hall–Kier alpha value is -0.120. The number of hydrogen-bond acceptors (Lipinski definition) is 3. The van der Waals surface area contributed by atoms with Gasteiger partial charge >= 0.3 is 0 Å². The van der Waals surface area contributed by atoms with Crippen molar-refractivity contribution in [1.82, 2.24) is 10.6 Å². The van der Waals surface area contributed by atoms with Gasteiger partial charge in [-0.15, -0.1) is 0 Å². The number of ether oxygens (including phenoxy) is 1. The van der Waals surface area contributed by atoms with E-state index in [2.05, 4.69) is 17.6 Å². The van der Waals surface area contributed by atoms with Crippen molar-refractivity contribution in [2.45, 2.75) is 31.7 Å². The van der Waals surface area contributed by atoms with Crippen molar-refractivity contribution < 1.29 is 4.74 Å². The largest absolute Gasteiger partial charge is 0.381 e. The second kappa shape index (κ2) is 4.60. The SMILES string of the molecule is CC1(NCC2CCOCC2)CCNC1. The highest BCUT2D eigenvalue weighted by Crippen LogP contribution is 2.17. The van der Waals surface area contributed by atoms with Crippen molar-refractivity contribution in [3.8, 4) is 0 Å². The molecule has 3 heteroatoms. The Balaban J connectivity index is 1.70. The molecule has 2 heterocycles. The Morgan fingerprint density at radius 2 is 2.21 bits per heavy atom. The quantitative estimate of drug-likeness (QED) is 0.702. The van der Waals surface area contributed by atoms with Crippen LogP contribution >= 0.6 is 0 Å². The minimum atomic E-state index is 0.346. The summed E-state index contributed by atoms with van der Waals surface area (Å²) in [5.41, 5.74) is 0.346. The summed E-state index contributed by atoms with van der Waals surface area (Å²) in [5, 5.41) is 7.12. The molecule has 0 saturated carbocycles. The summed E-state index contributed by atoms with van der Waals surface area (Å²) in [6, 6.07) is 0. The standard InChI is InChI=1S/C11H22N2O/c1-11(4-5-12-9-11)13-8-10-2-6-14-7-3-10/h10,12-13H,2-9H2,1H3. The van der Waals surface area contributed by atoms with Gasteiger partial charge in [-0.2, -0.15) is 0 Å².